The van der Waals surface area contributed by atoms with Crippen molar-refractivity contribution in [2.45, 2.75) is 25.7 Å². The van der Waals surface area contributed by atoms with Gasteiger partial charge in [-0.15, -0.1) is 0 Å². The van der Waals surface area contributed by atoms with E-state index in [-0.39, 0.29) is 11.9 Å². The van der Waals surface area contributed by atoms with Crippen LogP contribution < -0.4 is 5.32 Å². The van der Waals surface area contributed by atoms with Crippen LogP contribution in [0.1, 0.15) is 25.7 Å². The van der Waals surface area contributed by atoms with Crippen molar-refractivity contribution in [3.8, 4) is 0 Å². The van der Waals surface area contributed by atoms with E-state index in [0.29, 0.717) is 11.8 Å². The number of hydrogen-bond donors (Lipinski definition) is 1. The average Bonchev–Trinajstić information content (AvgIpc) is 2.41. The zero-order chi connectivity index (χ0) is 12.1. The van der Waals surface area contributed by atoms with Gasteiger partial charge in [0, 0.05) is 13.2 Å². The molecule has 4 nitrogen and oxygen atoms in total. The molecule has 2 aliphatic rings. The van der Waals surface area contributed by atoms with E-state index < -0.39 is 0 Å². The number of esters is 1. The fraction of sp³-hybridized carbons (Fsp3) is 0.923. The predicted octanol–water partition coefficient (Wildman–Crippen LogP) is 1.20. The molecule has 2 rings (SSSR count). The third-order valence-corrected chi connectivity index (χ3v) is 4.14. The Morgan fingerprint density at radius 1 is 1.18 bits per heavy atom. The van der Waals surface area contributed by atoms with E-state index in [2.05, 4.69) is 5.32 Å². The standard InChI is InChI=1S/C13H23NO3/c1-16-13(15)12(10-2-6-14-7-3-10)11-4-8-17-9-5-11/h10-12,14H,2-9H2,1H3. The summed E-state index contributed by atoms with van der Waals surface area (Å²) in [6, 6.07) is 0. The Balaban J connectivity index is 2.02. The molecule has 2 heterocycles. The Bertz CT molecular complexity index is 227. The number of carbonyl (C=O) groups excluding carboxylic acids is 1. The molecule has 0 spiro atoms. The van der Waals surface area contributed by atoms with E-state index in [1.807, 2.05) is 0 Å². The van der Waals surface area contributed by atoms with Gasteiger partial charge < -0.3 is 14.8 Å². The fourth-order valence-electron chi connectivity index (χ4n) is 3.18. The van der Waals surface area contributed by atoms with Gasteiger partial charge in [-0.1, -0.05) is 0 Å². The number of piperidine rings is 1. The summed E-state index contributed by atoms with van der Waals surface area (Å²) in [6.45, 7) is 3.65. The SMILES string of the molecule is COC(=O)C(C1CCNCC1)C1CCOCC1. The Morgan fingerprint density at radius 2 is 1.76 bits per heavy atom. The normalized spacial score (nSPS) is 25.5. The molecule has 0 amide bonds. The molecule has 0 aromatic carbocycles. The van der Waals surface area contributed by atoms with Gasteiger partial charge in [0.25, 0.3) is 0 Å². The summed E-state index contributed by atoms with van der Waals surface area (Å²) < 4.78 is 10.4. The summed E-state index contributed by atoms with van der Waals surface area (Å²) in [5, 5.41) is 3.35. The number of carbonyl (C=O) groups is 1. The summed E-state index contributed by atoms with van der Waals surface area (Å²) in [5.74, 6) is 1.03. The summed E-state index contributed by atoms with van der Waals surface area (Å²) in [4.78, 5) is 12.0. The van der Waals surface area contributed by atoms with Gasteiger partial charge in [0.2, 0.25) is 0 Å². The van der Waals surface area contributed by atoms with Gasteiger partial charge in [-0.2, -0.15) is 0 Å². The van der Waals surface area contributed by atoms with Gasteiger partial charge in [-0.25, -0.2) is 0 Å². The van der Waals surface area contributed by atoms with Crippen LogP contribution in [0.5, 0.6) is 0 Å². The predicted molar refractivity (Wildman–Crippen MR) is 64.6 cm³/mol. The van der Waals surface area contributed by atoms with Crippen LogP contribution >= 0.6 is 0 Å². The second kappa shape index (κ2) is 6.36. The molecule has 1 N–H and O–H groups in total. The van der Waals surface area contributed by atoms with Crippen LogP contribution in [0.3, 0.4) is 0 Å². The molecule has 0 aromatic rings. The number of ether oxygens (including phenoxy) is 2. The molecule has 0 radical (unpaired) electrons. The Hall–Kier alpha value is -0.610. The first-order chi connectivity index (χ1) is 8.33. The smallest absolute Gasteiger partial charge is 0.309 e. The van der Waals surface area contributed by atoms with E-state index in [4.69, 9.17) is 9.47 Å². The van der Waals surface area contributed by atoms with Crippen LogP contribution in [0, 0.1) is 17.8 Å². The van der Waals surface area contributed by atoms with Crippen molar-refractivity contribution in [1.82, 2.24) is 5.32 Å². The summed E-state index contributed by atoms with van der Waals surface area (Å²) in [5.41, 5.74) is 0. The first kappa shape index (κ1) is 12.8. The molecule has 4 heteroatoms. The Kier molecular flexibility index (Phi) is 4.80. The van der Waals surface area contributed by atoms with Gasteiger partial charge in [-0.3, -0.25) is 4.79 Å². The van der Waals surface area contributed by atoms with E-state index in [9.17, 15) is 4.79 Å². The summed E-state index contributed by atoms with van der Waals surface area (Å²) in [7, 11) is 1.51. The highest BCUT2D eigenvalue weighted by molar-refractivity contribution is 5.73. The monoisotopic (exact) mass is 241 g/mol. The third-order valence-electron chi connectivity index (χ3n) is 4.14. The second-order valence-electron chi connectivity index (χ2n) is 5.09. The van der Waals surface area contributed by atoms with Gasteiger partial charge >= 0.3 is 5.97 Å². The van der Waals surface area contributed by atoms with Gasteiger partial charge in [-0.05, 0) is 50.6 Å². The van der Waals surface area contributed by atoms with E-state index in [0.717, 1.165) is 52.0 Å². The van der Waals surface area contributed by atoms with Crippen LogP contribution in [0.2, 0.25) is 0 Å². The maximum atomic E-state index is 12.0. The molecule has 2 fully saturated rings. The number of rotatable bonds is 3. The van der Waals surface area contributed by atoms with Gasteiger partial charge in [0.1, 0.15) is 0 Å². The number of nitrogens with one attached hydrogen (secondary N) is 1. The Labute approximate surface area is 103 Å². The molecule has 0 saturated carbocycles. The maximum Gasteiger partial charge on any atom is 0.309 e. The minimum atomic E-state index is -0.0104. The van der Waals surface area contributed by atoms with Crippen LogP contribution in [-0.4, -0.2) is 39.4 Å². The topological polar surface area (TPSA) is 47.6 Å². The highest BCUT2D eigenvalue weighted by Crippen LogP contribution is 2.34. The first-order valence-corrected chi connectivity index (χ1v) is 6.69. The molecule has 2 saturated heterocycles. The largest absolute Gasteiger partial charge is 0.469 e. The molecule has 2 aliphatic heterocycles. The van der Waals surface area contributed by atoms with Crippen LogP contribution in [0.15, 0.2) is 0 Å². The lowest BCUT2D eigenvalue weighted by Gasteiger charge is -2.35. The number of hydrogen-bond acceptors (Lipinski definition) is 4. The first-order valence-electron chi connectivity index (χ1n) is 6.69. The highest BCUT2D eigenvalue weighted by atomic mass is 16.5. The molecule has 0 bridgehead atoms. The number of methoxy groups -OCH3 is 1. The maximum absolute atomic E-state index is 12.0. The molecule has 0 aliphatic carbocycles. The fourth-order valence-corrected chi connectivity index (χ4v) is 3.18. The van der Waals surface area contributed by atoms with Crippen LogP contribution in [0.4, 0.5) is 0 Å². The van der Waals surface area contributed by atoms with Crippen molar-refractivity contribution in [1.29, 1.82) is 0 Å². The average molecular weight is 241 g/mol. The van der Waals surface area contributed by atoms with Gasteiger partial charge in [0.05, 0.1) is 13.0 Å². The minimum Gasteiger partial charge on any atom is -0.469 e. The molecule has 0 aromatic heterocycles. The zero-order valence-electron chi connectivity index (χ0n) is 10.6. The molecular formula is C13H23NO3. The summed E-state index contributed by atoms with van der Waals surface area (Å²) >= 11 is 0. The zero-order valence-corrected chi connectivity index (χ0v) is 10.6. The van der Waals surface area contributed by atoms with E-state index in [1.54, 1.807) is 0 Å². The van der Waals surface area contributed by atoms with Crippen LogP contribution in [0.25, 0.3) is 0 Å². The van der Waals surface area contributed by atoms with Crippen molar-refractivity contribution >= 4 is 5.97 Å². The quantitative estimate of drug-likeness (QED) is 0.754. The third kappa shape index (κ3) is 3.19. The highest BCUT2D eigenvalue weighted by Gasteiger charge is 2.37. The lowest BCUT2D eigenvalue weighted by atomic mass is 9.74. The summed E-state index contributed by atoms with van der Waals surface area (Å²) in [6.07, 6.45) is 4.20. The lowest BCUT2D eigenvalue weighted by molar-refractivity contribution is -0.152. The minimum absolute atomic E-state index is 0.0104. The van der Waals surface area contributed by atoms with Crippen molar-refractivity contribution in [2.75, 3.05) is 33.4 Å². The molecule has 98 valence electrons. The molecule has 1 unspecified atom stereocenters. The van der Waals surface area contributed by atoms with Crippen molar-refractivity contribution in [3.05, 3.63) is 0 Å². The van der Waals surface area contributed by atoms with E-state index in [1.165, 1.54) is 7.11 Å². The molecule has 1 atom stereocenters. The van der Waals surface area contributed by atoms with Crippen molar-refractivity contribution in [3.63, 3.8) is 0 Å². The lowest BCUT2D eigenvalue weighted by Crippen LogP contribution is -2.40. The molecule has 17 heavy (non-hydrogen) atoms. The van der Waals surface area contributed by atoms with Gasteiger partial charge in [0.15, 0.2) is 0 Å². The van der Waals surface area contributed by atoms with Crippen molar-refractivity contribution in [2.24, 2.45) is 17.8 Å². The second-order valence-corrected chi connectivity index (χ2v) is 5.09. The van der Waals surface area contributed by atoms with Crippen molar-refractivity contribution < 1.29 is 14.3 Å². The Morgan fingerprint density at radius 3 is 2.35 bits per heavy atom. The molecular weight excluding hydrogens is 218 g/mol. The van der Waals surface area contributed by atoms with E-state index >= 15 is 0 Å². The van der Waals surface area contributed by atoms with Crippen LogP contribution in [-0.2, 0) is 14.3 Å².